The lowest BCUT2D eigenvalue weighted by Gasteiger charge is -1.94. The van der Waals surface area contributed by atoms with Crippen molar-refractivity contribution in [3.8, 4) is 0 Å². The molecule has 0 unspecified atom stereocenters. The average Bonchev–Trinajstić information content (AvgIpc) is 2.31. The van der Waals surface area contributed by atoms with Gasteiger partial charge in [0.25, 0.3) is 0 Å². The zero-order valence-corrected chi connectivity index (χ0v) is 6.91. The third-order valence-electron chi connectivity index (χ3n) is 1.34. The summed E-state index contributed by atoms with van der Waals surface area (Å²) < 4.78 is 1.81. The van der Waals surface area contributed by atoms with Crippen LogP contribution in [0.3, 0.4) is 0 Å². The van der Waals surface area contributed by atoms with Crippen LogP contribution in [0.2, 0.25) is 0 Å². The minimum absolute atomic E-state index is 0.715. The fourth-order valence-corrected chi connectivity index (χ4v) is 0.756. The highest BCUT2D eigenvalue weighted by molar-refractivity contribution is 5.30. The van der Waals surface area contributed by atoms with Gasteiger partial charge in [-0.3, -0.25) is 4.68 Å². The fourth-order valence-electron chi connectivity index (χ4n) is 0.756. The molecular formula is C8H13N3. The predicted molar refractivity (Wildman–Crippen MR) is 46.1 cm³/mol. The van der Waals surface area contributed by atoms with Gasteiger partial charge in [-0.05, 0) is 13.8 Å². The van der Waals surface area contributed by atoms with Gasteiger partial charge in [-0.15, -0.1) is 0 Å². The lowest BCUT2D eigenvalue weighted by molar-refractivity contribution is 0.699. The van der Waals surface area contributed by atoms with Crippen LogP contribution in [0.25, 0.3) is 0 Å². The van der Waals surface area contributed by atoms with Crippen LogP contribution in [0.15, 0.2) is 24.0 Å². The number of nitrogen functional groups attached to an aromatic ring is 1. The summed E-state index contributed by atoms with van der Waals surface area (Å²) in [5.41, 5.74) is 7.49. The van der Waals surface area contributed by atoms with E-state index in [1.807, 2.05) is 10.9 Å². The van der Waals surface area contributed by atoms with Crippen molar-refractivity contribution in [1.82, 2.24) is 9.78 Å². The second kappa shape index (κ2) is 3.23. The first kappa shape index (κ1) is 7.85. The van der Waals surface area contributed by atoms with Crippen molar-refractivity contribution in [2.45, 2.75) is 20.4 Å². The molecule has 1 aromatic heterocycles. The maximum absolute atomic E-state index is 5.48. The van der Waals surface area contributed by atoms with Crippen molar-refractivity contribution in [2.24, 2.45) is 0 Å². The third-order valence-corrected chi connectivity index (χ3v) is 1.34. The Kier molecular flexibility index (Phi) is 2.31. The first-order chi connectivity index (χ1) is 5.18. The molecule has 0 aromatic carbocycles. The monoisotopic (exact) mass is 151 g/mol. The molecule has 1 aromatic rings. The number of aromatic nitrogens is 2. The summed E-state index contributed by atoms with van der Waals surface area (Å²) in [6, 6.07) is 0. The zero-order valence-electron chi connectivity index (χ0n) is 6.91. The molecule has 0 aliphatic carbocycles. The second-order valence-electron chi connectivity index (χ2n) is 2.78. The molecule has 0 aliphatic rings. The molecule has 0 amide bonds. The van der Waals surface area contributed by atoms with Crippen LogP contribution in [-0.4, -0.2) is 9.78 Å². The van der Waals surface area contributed by atoms with Gasteiger partial charge in [0.2, 0.25) is 0 Å². The van der Waals surface area contributed by atoms with Crippen molar-refractivity contribution in [1.29, 1.82) is 0 Å². The van der Waals surface area contributed by atoms with E-state index in [1.54, 1.807) is 6.20 Å². The number of anilines is 1. The standard InChI is InChI=1S/C8H13N3/c1-7(2)3-4-11-6-8(9)5-10-11/h3,5-6H,4,9H2,1-2H3. The first-order valence-corrected chi connectivity index (χ1v) is 3.60. The highest BCUT2D eigenvalue weighted by atomic mass is 15.3. The molecule has 0 spiro atoms. The van der Waals surface area contributed by atoms with Gasteiger partial charge < -0.3 is 5.73 Å². The maximum atomic E-state index is 5.48. The Labute approximate surface area is 66.5 Å². The van der Waals surface area contributed by atoms with Gasteiger partial charge in [0.05, 0.1) is 18.4 Å². The Morgan fingerprint density at radius 3 is 2.91 bits per heavy atom. The molecule has 60 valence electrons. The minimum Gasteiger partial charge on any atom is -0.396 e. The fraction of sp³-hybridized carbons (Fsp3) is 0.375. The normalized spacial score (nSPS) is 9.64. The van der Waals surface area contributed by atoms with E-state index in [-0.39, 0.29) is 0 Å². The van der Waals surface area contributed by atoms with E-state index in [2.05, 4.69) is 25.0 Å². The van der Waals surface area contributed by atoms with E-state index < -0.39 is 0 Å². The topological polar surface area (TPSA) is 43.8 Å². The van der Waals surface area contributed by atoms with Crippen LogP contribution < -0.4 is 5.73 Å². The number of nitrogens with zero attached hydrogens (tertiary/aromatic N) is 2. The quantitative estimate of drug-likeness (QED) is 0.650. The Bertz CT molecular complexity index is 256. The van der Waals surface area contributed by atoms with Crippen LogP contribution >= 0.6 is 0 Å². The van der Waals surface area contributed by atoms with Gasteiger partial charge in [0.15, 0.2) is 0 Å². The molecule has 0 atom stereocenters. The molecule has 0 saturated heterocycles. The molecule has 3 nitrogen and oxygen atoms in total. The summed E-state index contributed by atoms with van der Waals surface area (Å²) in [6.45, 7) is 4.93. The largest absolute Gasteiger partial charge is 0.396 e. The van der Waals surface area contributed by atoms with Crippen LogP contribution in [-0.2, 0) is 6.54 Å². The number of allylic oxidation sites excluding steroid dienone is 2. The van der Waals surface area contributed by atoms with Gasteiger partial charge in [0, 0.05) is 6.20 Å². The summed E-state index contributed by atoms with van der Waals surface area (Å²) in [6.07, 6.45) is 5.57. The van der Waals surface area contributed by atoms with Crippen LogP contribution in [0.4, 0.5) is 5.69 Å². The number of hydrogen-bond donors (Lipinski definition) is 1. The van der Waals surface area contributed by atoms with Gasteiger partial charge >= 0.3 is 0 Å². The van der Waals surface area contributed by atoms with Crippen LogP contribution in [0.5, 0.6) is 0 Å². The molecule has 0 fully saturated rings. The van der Waals surface area contributed by atoms with Crippen LogP contribution in [0.1, 0.15) is 13.8 Å². The second-order valence-corrected chi connectivity index (χ2v) is 2.78. The zero-order chi connectivity index (χ0) is 8.27. The van der Waals surface area contributed by atoms with E-state index in [4.69, 9.17) is 5.73 Å². The summed E-state index contributed by atoms with van der Waals surface area (Å²) >= 11 is 0. The van der Waals surface area contributed by atoms with E-state index in [9.17, 15) is 0 Å². The lowest BCUT2D eigenvalue weighted by Crippen LogP contribution is -1.95. The molecule has 0 bridgehead atoms. The first-order valence-electron chi connectivity index (χ1n) is 3.60. The van der Waals surface area contributed by atoms with Crippen molar-refractivity contribution < 1.29 is 0 Å². The van der Waals surface area contributed by atoms with Crippen molar-refractivity contribution in [3.63, 3.8) is 0 Å². The Balaban J connectivity index is 2.58. The number of nitrogens with two attached hydrogens (primary N) is 1. The third kappa shape index (κ3) is 2.45. The van der Waals surface area contributed by atoms with Crippen molar-refractivity contribution in [3.05, 3.63) is 24.0 Å². The summed E-state index contributed by atoms with van der Waals surface area (Å²) in [7, 11) is 0. The molecule has 0 radical (unpaired) electrons. The highest BCUT2D eigenvalue weighted by Gasteiger charge is 1.89. The molecule has 1 rings (SSSR count). The molecule has 2 N–H and O–H groups in total. The van der Waals surface area contributed by atoms with Gasteiger partial charge in [0.1, 0.15) is 0 Å². The molecule has 11 heavy (non-hydrogen) atoms. The maximum Gasteiger partial charge on any atom is 0.0719 e. The highest BCUT2D eigenvalue weighted by Crippen LogP contribution is 1.98. The summed E-state index contributed by atoms with van der Waals surface area (Å²) in [5.74, 6) is 0. The summed E-state index contributed by atoms with van der Waals surface area (Å²) in [4.78, 5) is 0. The van der Waals surface area contributed by atoms with Gasteiger partial charge in [-0.25, -0.2) is 0 Å². The Morgan fingerprint density at radius 2 is 2.45 bits per heavy atom. The van der Waals surface area contributed by atoms with Crippen molar-refractivity contribution >= 4 is 5.69 Å². The molecular weight excluding hydrogens is 138 g/mol. The number of hydrogen-bond acceptors (Lipinski definition) is 2. The molecule has 0 saturated carbocycles. The molecule has 1 heterocycles. The van der Waals surface area contributed by atoms with Gasteiger partial charge in [-0.2, -0.15) is 5.10 Å². The van der Waals surface area contributed by atoms with Crippen molar-refractivity contribution in [2.75, 3.05) is 5.73 Å². The van der Waals surface area contributed by atoms with Crippen LogP contribution in [0, 0.1) is 0 Å². The Hall–Kier alpha value is -1.25. The van der Waals surface area contributed by atoms with E-state index in [0.717, 1.165) is 6.54 Å². The van der Waals surface area contributed by atoms with E-state index >= 15 is 0 Å². The minimum atomic E-state index is 0.715. The Morgan fingerprint density at radius 1 is 1.73 bits per heavy atom. The summed E-state index contributed by atoms with van der Waals surface area (Å²) in [5, 5.41) is 4.03. The lowest BCUT2D eigenvalue weighted by atomic mass is 10.3. The average molecular weight is 151 g/mol. The number of rotatable bonds is 2. The SMILES string of the molecule is CC(C)=CCn1cc(N)cn1. The molecule has 0 aliphatic heterocycles. The van der Waals surface area contributed by atoms with E-state index in [1.165, 1.54) is 5.57 Å². The molecule has 3 heteroatoms. The van der Waals surface area contributed by atoms with Gasteiger partial charge in [-0.1, -0.05) is 11.6 Å². The predicted octanol–water partition coefficient (Wildman–Crippen LogP) is 1.43. The smallest absolute Gasteiger partial charge is 0.0719 e. The van der Waals surface area contributed by atoms with E-state index in [0.29, 0.717) is 5.69 Å².